The van der Waals surface area contributed by atoms with Gasteiger partial charge in [-0.15, -0.1) is 0 Å². The van der Waals surface area contributed by atoms with E-state index in [-0.39, 0.29) is 0 Å². The number of oxazole rings is 2. The molecule has 0 amide bonds. The van der Waals surface area contributed by atoms with Gasteiger partial charge in [-0.1, -0.05) is 84.9 Å². The van der Waals surface area contributed by atoms with Crippen molar-refractivity contribution < 1.29 is 8.83 Å². The van der Waals surface area contributed by atoms with E-state index in [0.29, 0.717) is 23.2 Å². The number of aromatic nitrogens is 4. The molecule has 0 aliphatic carbocycles. The molecule has 0 N–H and O–H groups in total. The molecule has 9 rings (SSSR count). The Morgan fingerprint density at radius 1 is 0.391 bits per heavy atom. The predicted molar refractivity (Wildman–Crippen MR) is 182 cm³/mol. The zero-order valence-electron chi connectivity index (χ0n) is 24.5. The zero-order chi connectivity index (χ0) is 30.5. The van der Waals surface area contributed by atoms with Crippen LogP contribution >= 0.6 is 0 Å². The highest BCUT2D eigenvalue weighted by molar-refractivity contribution is 6.21. The Kier molecular flexibility index (Phi) is 6.03. The first-order valence-corrected chi connectivity index (χ1v) is 15.0. The van der Waals surface area contributed by atoms with Crippen LogP contribution in [0.4, 0.5) is 0 Å². The summed E-state index contributed by atoms with van der Waals surface area (Å²) in [6.45, 7) is 0. The van der Waals surface area contributed by atoms with Gasteiger partial charge >= 0.3 is 0 Å². The van der Waals surface area contributed by atoms with Gasteiger partial charge in [-0.25, -0.2) is 19.9 Å². The van der Waals surface area contributed by atoms with Crippen LogP contribution in [0.3, 0.4) is 0 Å². The van der Waals surface area contributed by atoms with Gasteiger partial charge in [0.1, 0.15) is 23.9 Å². The first-order chi connectivity index (χ1) is 22.8. The van der Waals surface area contributed by atoms with E-state index in [1.165, 1.54) is 10.8 Å². The summed E-state index contributed by atoms with van der Waals surface area (Å²) < 4.78 is 11.2. The molecule has 0 saturated carbocycles. The van der Waals surface area contributed by atoms with Crippen molar-refractivity contribution >= 4 is 32.3 Å². The van der Waals surface area contributed by atoms with E-state index in [4.69, 9.17) is 18.8 Å². The summed E-state index contributed by atoms with van der Waals surface area (Å²) >= 11 is 0. The van der Waals surface area contributed by atoms with Crippen LogP contribution < -0.4 is 0 Å². The van der Waals surface area contributed by atoms with Crippen LogP contribution in [0.5, 0.6) is 0 Å². The van der Waals surface area contributed by atoms with Gasteiger partial charge in [0.2, 0.25) is 11.8 Å². The lowest BCUT2D eigenvalue weighted by Crippen LogP contribution is -1.96. The fraction of sp³-hybridized carbons (Fsp3) is 0. The zero-order valence-corrected chi connectivity index (χ0v) is 24.5. The number of rotatable bonds is 5. The van der Waals surface area contributed by atoms with Gasteiger partial charge in [-0.2, -0.15) is 0 Å². The Morgan fingerprint density at radius 3 is 1.54 bits per heavy atom. The molecule has 6 nitrogen and oxygen atoms in total. The highest BCUT2D eigenvalue weighted by Crippen LogP contribution is 2.44. The smallest absolute Gasteiger partial charge is 0.245 e. The molecule has 0 radical (unpaired) electrons. The maximum absolute atomic E-state index is 5.62. The van der Waals surface area contributed by atoms with Crippen molar-refractivity contribution in [1.29, 1.82) is 0 Å². The number of pyridine rings is 2. The van der Waals surface area contributed by atoms with Crippen molar-refractivity contribution in [3.63, 3.8) is 0 Å². The third-order valence-electron chi connectivity index (χ3n) is 8.42. The third-order valence-corrected chi connectivity index (χ3v) is 8.42. The molecule has 9 aromatic rings. The quantitative estimate of drug-likeness (QED) is 0.185. The molecule has 6 heteroatoms. The van der Waals surface area contributed by atoms with Crippen molar-refractivity contribution in [3.8, 4) is 56.8 Å². The molecule has 216 valence electrons. The maximum atomic E-state index is 5.62. The molecule has 0 unspecified atom stereocenters. The van der Waals surface area contributed by atoms with Gasteiger partial charge in [-0.05, 0) is 79.8 Å². The summed E-state index contributed by atoms with van der Waals surface area (Å²) in [4.78, 5) is 18.8. The SMILES string of the molecule is c1cc(-c2ncco2)nc(-c2c3ccccc3c(-c3cccc(-c4ncco4)n3)c3cc(-c4ccc5ccccc5c4)ccc23)c1. The van der Waals surface area contributed by atoms with E-state index in [0.717, 1.165) is 55.2 Å². The van der Waals surface area contributed by atoms with E-state index in [2.05, 4.69) is 101 Å². The number of benzene rings is 5. The maximum Gasteiger partial charge on any atom is 0.245 e. The minimum atomic E-state index is 0.483. The predicted octanol–water partition coefficient (Wildman–Crippen LogP) is 10.2. The van der Waals surface area contributed by atoms with Crippen LogP contribution in [0.1, 0.15) is 0 Å². The second kappa shape index (κ2) is 10.6. The number of hydrogen-bond acceptors (Lipinski definition) is 6. The first kappa shape index (κ1) is 26.0. The minimum absolute atomic E-state index is 0.483. The number of hydrogen-bond donors (Lipinski definition) is 0. The summed E-state index contributed by atoms with van der Waals surface area (Å²) in [5.74, 6) is 0.967. The average Bonchev–Trinajstić information content (AvgIpc) is 3.86. The van der Waals surface area contributed by atoms with Crippen LogP contribution in [0.25, 0.3) is 89.1 Å². The van der Waals surface area contributed by atoms with Crippen molar-refractivity contribution in [2.75, 3.05) is 0 Å². The molecule has 0 bridgehead atoms. The highest BCUT2D eigenvalue weighted by Gasteiger charge is 2.20. The second-order valence-corrected chi connectivity index (χ2v) is 11.1. The molecule has 4 heterocycles. The summed E-state index contributed by atoms with van der Waals surface area (Å²) in [5, 5.41) is 6.70. The van der Waals surface area contributed by atoms with E-state index in [9.17, 15) is 0 Å². The summed E-state index contributed by atoms with van der Waals surface area (Å²) in [6, 6.07) is 42.2. The molecule has 0 aliphatic rings. The standard InChI is InChI=1S/C40H24N4O2/c1-2-8-26-23-27(16-15-25(26)7-1)28-17-18-31-32(24-28)38(34-12-6-14-36(44-34)40-42-20-22-46-40)30-10-4-3-9-29(30)37(31)33-11-5-13-35(43-33)39-41-19-21-45-39/h1-24H. The Balaban J connectivity index is 1.36. The van der Waals surface area contributed by atoms with Gasteiger partial charge in [-0.3, -0.25) is 0 Å². The fourth-order valence-electron chi connectivity index (χ4n) is 6.36. The Morgan fingerprint density at radius 2 is 0.913 bits per heavy atom. The summed E-state index contributed by atoms with van der Waals surface area (Å²) in [5.41, 5.74) is 7.36. The Hall–Kier alpha value is -6.40. The third kappa shape index (κ3) is 4.35. The number of nitrogens with zero attached hydrogens (tertiary/aromatic N) is 4. The Labute approximate surface area is 263 Å². The molecular formula is C40H24N4O2. The molecule has 0 spiro atoms. The van der Waals surface area contributed by atoms with Gasteiger partial charge in [0.05, 0.1) is 23.8 Å². The molecule has 0 atom stereocenters. The number of fused-ring (bicyclic) bond motifs is 3. The lowest BCUT2D eigenvalue weighted by molar-refractivity contribution is 0.572. The molecule has 0 aliphatic heterocycles. The lowest BCUT2D eigenvalue weighted by atomic mass is 9.87. The van der Waals surface area contributed by atoms with E-state index in [1.54, 1.807) is 24.9 Å². The molecule has 5 aromatic carbocycles. The van der Waals surface area contributed by atoms with E-state index < -0.39 is 0 Å². The summed E-state index contributed by atoms with van der Waals surface area (Å²) in [6.07, 6.45) is 6.41. The largest absolute Gasteiger partial charge is 0.443 e. The highest BCUT2D eigenvalue weighted by atomic mass is 16.3. The molecule has 4 aromatic heterocycles. The van der Waals surface area contributed by atoms with E-state index in [1.807, 2.05) is 30.3 Å². The van der Waals surface area contributed by atoms with Crippen LogP contribution in [0.2, 0.25) is 0 Å². The van der Waals surface area contributed by atoms with Crippen LogP contribution in [0.15, 0.2) is 155 Å². The van der Waals surface area contributed by atoms with Gasteiger partial charge in [0, 0.05) is 11.1 Å². The fourth-order valence-corrected chi connectivity index (χ4v) is 6.36. The van der Waals surface area contributed by atoms with Crippen molar-refractivity contribution in [2.24, 2.45) is 0 Å². The second-order valence-electron chi connectivity index (χ2n) is 11.1. The lowest BCUT2D eigenvalue weighted by Gasteiger charge is -2.18. The van der Waals surface area contributed by atoms with Crippen molar-refractivity contribution in [2.45, 2.75) is 0 Å². The summed E-state index contributed by atoms with van der Waals surface area (Å²) in [7, 11) is 0. The van der Waals surface area contributed by atoms with E-state index >= 15 is 0 Å². The average molecular weight is 593 g/mol. The van der Waals surface area contributed by atoms with Crippen LogP contribution in [0, 0.1) is 0 Å². The van der Waals surface area contributed by atoms with Crippen molar-refractivity contribution in [3.05, 3.63) is 146 Å². The van der Waals surface area contributed by atoms with Gasteiger partial charge in [0.25, 0.3) is 0 Å². The first-order valence-electron chi connectivity index (χ1n) is 15.0. The molecule has 0 fully saturated rings. The molecule has 46 heavy (non-hydrogen) atoms. The van der Waals surface area contributed by atoms with Gasteiger partial charge < -0.3 is 8.83 Å². The molecule has 0 saturated heterocycles. The van der Waals surface area contributed by atoms with Crippen LogP contribution in [-0.4, -0.2) is 19.9 Å². The normalized spacial score (nSPS) is 11.5. The topological polar surface area (TPSA) is 77.8 Å². The Bertz CT molecular complexity index is 2540. The molecular weight excluding hydrogens is 568 g/mol. The van der Waals surface area contributed by atoms with Crippen molar-refractivity contribution in [1.82, 2.24) is 19.9 Å². The monoisotopic (exact) mass is 592 g/mol. The van der Waals surface area contributed by atoms with Gasteiger partial charge in [0.15, 0.2) is 0 Å². The minimum Gasteiger partial charge on any atom is -0.443 e. The van der Waals surface area contributed by atoms with Crippen LogP contribution in [-0.2, 0) is 0 Å².